The summed E-state index contributed by atoms with van der Waals surface area (Å²) < 4.78 is 4.77. The zero-order valence-electron chi connectivity index (χ0n) is 32.0. The smallest absolute Gasteiger partial charge is 0.0541 e. The van der Waals surface area contributed by atoms with Crippen LogP contribution in [0.5, 0.6) is 0 Å². The fraction of sp³-hybridized carbons (Fsp3) is 0.0566. The van der Waals surface area contributed by atoms with Gasteiger partial charge in [-0.2, -0.15) is 0 Å². The van der Waals surface area contributed by atoms with E-state index in [2.05, 4.69) is 223 Å². The normalized spacial score (nSPS) is 11.2. The molecule has 0 aliphatic carbocycles. The molecule has 0 aliphatic heterocycles. The van der Waals surface area contributed by atoms with Crippen molar-refractivity contribution in [3.8, 4) is 22.5 Å². The van der Waals surface area contributed by atoms with Gasteiger partial charge >= 0.3 is 0 Å². The first-order valence-electron chi connectivity index (χ1n) is 19.3. The molecule has 0 amide bonds. The van der Waals surface area contributed by atoms with E-state index in [9.17, 15) is 0 Å². The van der Waals surface area contributed by atoms with Crippen LogP contribution in [0.25, 0.3) is 66.1 Å². The largest absolute Gasteiger partial charge is 0.310 e. The van der Waals surface area contributed by atoms with E-state index in [4.69, 9.17) is 0 Å². The summed E-state index contributed by atoms with van der Waals surface area (Å²) >= 11 is 0. The summed E-state index contributed by atoms with van der Waals surface area (Å²) in [4.78, 5) is 2.34. The van der Waals surface area contributed by atoms with Gasteiger partial charge in [0.25, 0.3) is 0 Å². The van der Waals surface area contributed by atoms with E-state index >= 15 is 0 Å². The maximum atomic E-state index is 3.36. The van der Waals surface area contributed by atoms with Gasteiger partial charge in [0.05, 0.1) is 22.1 Å². The van der Waals surface area contributed by atoms with Gasteiger partial charge in [-0.05, 0) is 140 Å². The average Bonchev–Trinajstić information content (AvgIpc) is 3.74. The van der Waals surface area contributed by atoms with Gasteiger partial charge in [-0.3, -0.25) is 0 Å². The molecule has 0 atom stereocenters. The molecule has 3 heteroatoms. The van der Waals surface area contributed by atoms with Crippen LogP contribution in [0, 0.1) is 13.8 Å². The molecule has 0 radical (unpaired) electrons. The third-order valence-corrected chi connectivity index (χ3v) is 10.6. The molecule has 10 aromatic rings. The van der Waals surface area contributed by atoms with Gasteiger partial charge in [0, 0.05) is 50.0 Å². The van der Waals surface area contributed by atoms with Gasteiger partial charge in [-0.1, -0.05) is 97.1 Å². The van der Waals surface area contributed by atoms with Gasteiger partial charge in [0.1, 0.15) is 0 Å². The fourth-order valence-corrected chi connectivity index (χ4v) is 8.17. The number of benzene rings is 8. The molecule has 0 bridgehead atoms. The molecule has 2 heterocycles. The maximum absolute atomic E-state index is 3.36. The van der Waals surface area contributed by atoms with Crippen molar-refractivity contribution >= 4 is 60.7 Å². The lowest BCUT2D eigenvalue weighted by molar-refractivity contribution is 1.17. The molecule has 0 N–H and O–H groups in total. The highest BCUT2D eigenvalue weighted by molar-refractivity contribution is 6.12. The zero-order valence-corrected chi connectivity index (χ0v) is 32.0. The molecule has 270 valence electrons. The summed E-state index contributed by atoms with van der Waals surface area (Å²) in [5.41, 5.74) is 15.4. The Labute approximate surface area is 328 Å². The molecule has 0 saturated heterocycles. The van der Waals surface area contributed by atoms with Gasteiger partial charge in [0.2, 0.25) is 0 Å². The Balaban J connectivity index is 0.00000133. The first-order chi connectivity index (χ1) is 27.5. The Morgan fingerprint density at radius 1 is 0.393 bits per heavy atom. The lowest BCUT2D eigenvalue weighted by atomic mass is 10.0. The molecule has 8 aromatic carbocycles. The number of nitrogens with zero attached hydrogens (tertiary/aromatic N) is 3. The fourth-order valence-electron chi connectivity index (χ4n) is 8.17. The summed E-state index contributed by atoms with van der Waals surface area (Å²) in [6.07, 6.45) is 1.75. The number of para-hydroxylation sites is 3. The predicted octanol–water partition coefficient (Wildman–Crippen LogP) is 14.8. The van der Waals surface area contributed by atoms with E-state index < -0.39 is 0 Å². The Morgan fingerprint density at radius 3 is 1.30 bits per heavy atom. The van der Waals surface area contributed by atoms with Gasteiger partial charge in [-0.25, -0.2) is 0 Å². The van der Waals surface area contributed by atoms with Crippen LogP contribution in [0.4, 0.5) is 17.1 Å². The zero-order chi connectivity index (χ0) is 38.2. The number of rotatable bonds is 6. The van der Waals surface area contributed by atoms with Gasteiger partial charge < -0.3 is 14.0 Å². The second kappa shape index (κ2) is 14.6. The Kier molecular flexibility index (Phi) is 9.05. The van der Waals surface area contributed by atoms with Crippen molar-refractivity contribution in [3.63, 3.8) is 0 Å². The van der Waals surface area contributed by atoms with E-state index in [1.807, 2.05) is 6.92 Å². The molecule has 3 nitrogen and oxygen atoms in total. The van der Waals surface area contributed by atoms with Crippen LogP contribution in [0.1, 0.15) is 18.1 Å². The molecule has 0 unspecified atom stereocenters. The van der Waals surface area contributed by atoms with Crippen LogP contribution in [0.15, 0.2) is 201 Å². The van der Waals surface area contributed by atoms with Crippen LogP contribution in [-0.2, 0) is 0 Å². The predicted molar refractivity (Wildman–Crippen MR) is 241 cm³/mol. The van der Waals surface area contributed by atoms with Crippen molar-refractivity contribution in [1.82, 2.24) is 9.13 Å². The quantitative estimate of drug-likeness (QED) is 0.156. The molecule has 0 spiro atoms. The minimum absolute atomic E-state index is 1.12. The Hall–Kier alpha value is -7.10. The average molecular weight is 722 g/mol. The molecule has 56 heavy (non-hydrogen) atoms. The molecular weight excluding hydrogens is 679 g/mol. The highest BCUT2D eigenvalue weighted by Gasteiger charge is 2.17. The van der Waals surface area contributed by atoms with E-state index in [0.29, 0.717) is 0 Å². The minimum atomic E-state index is 1.12. The molecule has 10 rings (SSSR count). The van der Waals surface area contributed by atoms with Crippen LogP contribution < -0.4 is 4.90 Å². The summed E-state index contributed by atoms with van der Waals surface area (Å²) in [5.74, 6) is 0. The molecule has 2 aromatic heterocycles. The number of allylic oxidation sites excluding steroid dienone is 1. The van der Waals surface area contributed by atoms with Crippen LogP contribution in [0.3, 0.4) is 0 Å². The highest BCUT2D eigenvalue weighted by atomic mass is 15.1. The SMILES string of the molecule is C=CC.Cc1cccc(N(c2ccc(-n3c4ccccc4c4cc(-c5ccc6c(c5)c5ccccc5n6-c5ccccc5)ccc43)cc2)c2cccc(C)c2)c1. The monoisotopic (exact) mass is 721 g/mol. The van der Waals surface area contributed by atoms with Crippen LogP contribution in [0.2, 0.25) is 0 Å². The molecular formula is C53H43N3. The van der Waals surface area contributed by atoms with E-state index in [0.717, 1.165) is 22.7 Å². The highest BCUT2D eigenvalue weighted by Crippen LogP contribution is 2.40. The van der Waals surface area contributed by atoms with Crippen molar-refractivity contribution in [3.05, 3.63) is 212 Å². The Bertz CT molecular complexity index is 2970. The number of anilines is 3. The Morgan fingerprint density at radius 2 is 0.821 bits per heavy atom. The summed E-state index contributed by atoms with van der Waals surface area (Å²) in [6.45, 7) is 9.55. The summed E-state index contributed by atoms with van der Waals surface area (Å²) in [6, 6.07) is 68.5. The minimum Gasteiger partial charge on any atom is -0.310 e. The lowest BCUT2D eigenvalue weighted by Crippen LogP contribution is -2.10. The van der Waals surface area contributed by atoms with Crippen molar-refractivity contribution in [1.29, 1.82) is 0 Å². The number of aryl methyl sites for hydroxylation is 2. The third-order valence-electron chi connectivity index (χ3n) is 10.6. The maximum Gasteiger partial charge on any atom is 0.0541 e. The first kappa shape index (κ1) is 34.7. The first-order valence-corrected chi connectivity index (χ1v) is 19.3. The van der Waals surface area contributed by atoms with E-state index in [1.165, 1.54) is 71.6 Å². The van der Waals surface area contributed by atoms with Crippen LogP contribution in [-0.4, -0.2) is 9.13 Å². The number of aromatic nitrogens is 2. The van der Waals surface area contributed by atoms with Crippen molar-refractivity contribution in [2.45, 2.75) is 20.8 Å². The van der Waals surface area contributed by atoms with Crippen molar-refractivity contribution in [2.24, 2.45) is 0 Å². The third kappa shape index (κ3) is 6.14. The van der Waals surface area contributed by atoms with Gasteiger partial charge in [0.15, 0.2) is 0 Å². The van der Waals surface area contributed by atoms with Crippen molar-refractivity contribution < 1.29 is 0 Å². The topological polar surface area (TPSA) is 13.1 Å². The van der Waals surface area contributed by atoms with Gasteiger partial charge in [-0.15, -0.1) is 6.58 Å². The lowest BCUT2D eigenvalue weighted by Gasteiger charge is -2.26. The summed E-state index contributed by atoms with van der Waals surface area (Å²) in [5, 5.41) is 5.01. The number of hydrogen-bond donors (Lipinski definition) is 0. The van der Waals surface area contributed by atoms with Crippen LogP contribution >= 0.6 is 0 Å². The van der Waals surface area contributed by atoms with E-state index in [1.54, 1.807) is 6.08 Å². The molecule has 0 fully saturated rings. The molecule has 0 saturated carbocycles. The summed E-state index contributed by atoms with van der Waals surface area (Å²) in [7, 11) is 0. The number of hydrogen-bond acceptors (Lipinski definition) is 1. The second-order valence-electron chi connectivity index (χ2n) is 14.4. The number of fused-ring (bicyclic) bond motifs is 6. The second-order valence-corrected chi connectivity index (χ2v) is 14.4. The van der Waals surface area contributed by atoms with Crippen molar-refractivity contribution in [2.75, 3.05) is 4.90 Å². The van der Waals surface area contributed by atoms with E-state index in [-0.39, 0.29) is 0 Å². The standard InChI is InChI=1S/C50H37N3.C3H6/c1-34-12-10-16-41(30-34)51(42-17-11-13-35(2)31-42)39-24-26-40(27-25-39)53-48-21-9-7-19-44(48)46-33-37(23-29-50(46)53)36-22-28-49-45(32-36)43-18-6-8-20-47(43)52(49)38-14-4-3-5-15-38;1-3-2/h3-33H,1-2H3;3H,1H2,2H3. The molecule has 0 aliphatic rings.